The van der Waals surface area contributed by atoms with Gasteiger partial charge in [-0.25, -0.2) is 8.42 Å². The Labute approximate surface area is 125 Å². The first-order valence-electron chi connectivity index (χ1n) is 6.47. The lowest BCUT2D eigenvalue weighted by atomic mass is 10.3. The minimum atomic E-state index is -3.64. The number of benzene rings is 1. The van der Waals surface area contributed by atoms with Gasteiger partial charge >= 0.3 is 0 Å². The molecule has 21 heavy (non-hydrogen) atoms. The summed E-state index contributed by atoms with van der Waals surface area (Å²) in [6, 6.07) is 8.43. The molecule has 0 bridgehead atoms. The van der Waals surface area contributed by atoms with Crippen LogP contribution >= 0.6 is 0 Å². The first-order chi connectivity index (χ1) is 9.62. The summed E-state index contributed by atoms with van der Waals surface area (Å²) >= 11 is 0. The standard InChI is InChI=1S/C14H20N3O3S/c1-11-10-14(15-20-11)16(2)21(18,19)13-8-6-12(7-9-13)17(3,4)5/h6-10H,1-5H3/q+1. The van der Waals surface area contributed by atoms with Crippen molar-refractivity contribution < 1.29 is 12.9 Å². The normalized spacial score (nSPS) is 12.4. The number of nitrogens with zero attached hydrogens (tertiary/aromatic N) is 3. The van der Waals surface area contributed by atoms with Gasteiger partial charge in [0.25, 0.3) is 10.0 Å². The van der Waals surface area contributed by atoms with Crippen molar-refractivity contribution >= 4 is 21.5 Å². The molecule has 0 aliphatic carbocycles. The molecule has 2 aromatic rings. The largest absolute Gasteiger partial charge is 0.360 e. The highest BCUT2D eigenvalue weighted by Crippen LogP contribution is 2.24. The maximum absolute atomic E-state index is 12.5. The lowest BCUT2D eigenvalue weighted by Gasteiger charge is -2.23. The maximum Gasteiger partial charge on any atom is 0.265 e. The Bertz CT molecular complexity index is 728. The Morgan fingerprint density at radius 1 is 1.14 bits per heavy atom. The molecule has 7 heteroatoms. The number of aromatic nitrogens is 1. The highest BCUT2D eigenvalue weighted by molar-refractivity contribution is 7.92. The fourth-order valence-electron chi connectivity index (χ4n) is 1.85. The van der Waals surface area contributed by atoms with Crippen LogP contribution in [-0.2, 0) is 10.0 Å². The van der Waals surface area contributed by atoms with E-state index in [1.165, 1.54) is 7.05 Å². The van der Waals surface area contributed by atoms with E-state index < -0.39 is 10.0 Å². The van der Waals surface area contributed by atoms with E-state index in [-0.39, 0.29) is 10.7 Å². The van der Waals surface area contributed by atoms with E-state index in [9.17, 15) is 8.42 Å². The Kier molecular flexibility index (Phi) is 3.81. The van der Waals surface area contributed by atoms with Gasteiger partial charge in [-0.2, -0.15) is 0 Å². The monoisotopic (exact) mass is 310 g/mol. The van der Waals surface area contributed by atoms with Crippen LogP contribution in [-0.4, -0.2) is 41.8 Å². The fraction of sp³-hybridized carbons (Fsp3) is 0.357. The van der Waals surface area contributed by atoms with Gasteiger partial charge in [-0.3, -0.25) is 8.79 Å². The van der Waals surface area contributed by atoms with Crippen LogP contribution in [0.2, 0.25) is 0 Å². The third-order valence-electron chi connectivity index (χ3n) is 3.21. The SMILES string of the molecule is Cc1cc(N(C)S(=O)(=O)c2ccc([N+](C)(C)C)cc2)no1. The number of sulfonamides is 1. The summed E-state index contributed by atoms with van der Waals surface area (Å²) < 4.78 is 31.7. The molecule has 0 amide bonds. The van der Waals surface area contributed by atoms with Gasteiger partial charge in [-0.1, -0.05) is 5.16 Å². The van der Waals surface area contributed by atoms with Gasteiger partial charge in [0.05, 0.1) is 26.0 Å². The third-order valence-corrected chi connectivity index (χ3v) is 4.98. The van der Waals surface area contributed by atoms with Crippen LogP contribution in [0.4, 0.5) is 11.5 Å². The highest BCUT2D eigenvalue weighted by atomic mass is 32.2. The average Bonchev–Trinajstić information content (AvgIpc) is 2.83. The van der Waals surface area contributed by atoms with Crippen molar-refractivity contribution in [2.24, 2.45) is 0 Å². The summed E-state index contributed by atoms with van der Waals surface area (Å²) in [5.41, 5.74) is 1.02. The minimum Gasteiger partial charge on any atom is -0.360 e. The van der Waals surface area contributed by atoms with Gasteiger partial charge in [0.1, 0.15) is 11.4 Å². The first kappa shape index (κ1) is 15.5. The smallest absolute Gasteiger partial charge is 0.265 e. The maximum atomic E-state index is 12.5. The lowest BCUT2D eigenvalue weighted by molar-refractivity contribution is 0.399. The molecule has 2 rings (SSSR count). The number of rotatable bonds is 4. The van der Waals surface area contributed by atoms with Crippen molar-refractivity contribution in [1.29, 1.82) is 0 Å². The Balaban J connectivity index is 2.36. The summed E-state index contributed by atoms with van der Waals surface area (Å²) in [6.45, 7) is 1.72. The Hall–Kier alpha value is -1.86. The third kappa shape index (κ3) is 3.08. The van der Waals surface area contributed by atoms with Gasteiger partial charge in [0.15, 0.2) is 5.82 Å². The minimum absolute atomic E-state index is 0.225. The number of aryl methyl sites for hydroxylation is 1. The number of hydrogen-bond donors (Lipinski definition) is 0. The van der Waals surface area contributed by atoms with Crippen molar-refractivity contribution in [1.82, 2.24) is 9.64 Å². The number of anilines is 1. The zero-order valence-corrected chi connectivity index (χ0v) is 13.7. The summed E-state index contributed by atoms with van der Waals surface area (Å²) in [5.74, 6) is 0.829. The second-order valence-corrected chi connectivity index (χ2v) is 7.74. The van der Waals surface area contributed by atoms with Gasteiger partial charge < -0.3 is 4.52 Å². The molecule has 0 aliphatic rings. The van der Waals surface area contributed by atoms with Crippen LogP contribution in [0.3, 0.4) is 0 Å². The van der Waals surface area contributed by atoms with Crippen molar-refractivity contribution in [3.8, 4) is 0 Å². The predicted molar refractivity (Wildman–Crippen MR) is 82.8 cm³/mol. The summed E-state index contributed by atoms with van der Waals surface area (Å²) in [6.07, 6.45) is 0. The summed E-state index contributed by atoms with van der Waals surface area (Å²) in [5, 5.41) is 3.73. The topological polar surface area (TPSA) is 63.4 Å². The predicted octanol–water partition coefficient (Wildman–Crippen LogP) is 2.00. The molecule has 0 unspecified atom stereocenters. The van der Waals surface area contributed by atoms with Gasteiger partial charge in [0, 0.05) is 25.2 Å². The van der Waals surface area contributed by atoms with Crippen molar-refractivity contribution in [3.63, 3.8) is 0 Å². The molecule has 0 N–H and O–H groups in total. The lowest BCUT2D eigenvalue weighted by Crippen LogP contribution is -2.34. The van der Waals surface area contributed by atoms with E-state index in [0.717, 1.165) is 9.99 Å². The molecule has 1 aromatic carbocycles. The second-order valence-electron chi connectivity index (χ2n) is 5.77. The van der Waals surface area contributed by atoms with E-state index in [2.05, 4.69) is 5.16 Å². The van der Waals surface area contributed by atoms with Crippen LogP contribution in [0, 0.1) is 6.92 Å². The zero-order chi connectivity index (χ0) is 15.8. The van der Waals surface area contributed by atoms with E-state index in [1.54, 1.807) is 25.1 Å². The molecule has 0 aliphatic heterocycles. The first-order valence-corrected chi connectivity index (χ1v) is 7.91. The second kappa shape index (κ2) is 5.16. The molecule has 0 atom stereocenters. The van der Waals surface area contributed by atoms with Crippen LogP contribution in [0.25, 0.3) is 0 Å². The van der Waals surface area contributed by atoms with Crippen LogP contribution in [0.1, 0.15) is 5.76 Å². The van der Waals surface area contributed by atoms with Crippen molar-refractivity contribution in [3.05, 3.63) is 36.1 Å². The number of hydrogen-bond acceptors (Lipinski definition) is 4. The average molecular weight is 310 g/mol. The van der Waals surface area contributed by atoms with E-state index in [1.807, 2.05) is 33.3 Å². The fourth-order valence-corrected chi connectivity index (χ4v) is 2.98. The van der Waals surface area contributed by atoms with Gasteiger partial charge in [0.2, 0.25) is 0 Å². The summed E-state index contributed by atoms with van der Waals surface area (Å²) in [7, 11) is 3.89. The molecule has 114 valence electrons. The molecule has 0 saturated heterocycles. The van der Waals surface area contributed by atoms with Crippen molar-refractivity contribution in [2.45, 2.75) is 11.8 Å². The van der Waals surface area contributed by atoms with Crippen LogP contribution in [0.15, 0.2) is 39.8 Å². The molecule has 1 heterocycles. The highest BCUT2D eigenvalue weighted by Gasteiger charge is 2.24. The zero-order valence-electron chi connectivity index (χ0n) is 12.9. The van der Waals surface area contributed by atoms with Crippen LogP contribution in [0.5, 0.6) is 0 Å². The van der Waals surface area contributed by atoms with Gasteiger partial charge in [-0.05, 0) is 19.1 Å². The van der Waals surface area contributed by atoms with Crippen LogP contribution < -0.4 is 8.79 Å². The quantitative estimate of drug-likeness (QED) is 0.810. The molecular weight excluding hydrogens is 290 g/mol. The van der Waals surface area contributed by atoms with E-state index >= 15 is 0 Å². The van der Waals surface area contributed by atoms with Crippen molar-refractivity contribution in [2.75, 3.05) is 32.5 Å². The van der Waals surface area contributed by atoms with Gasteiger partial charge in [-0.15, -0.1) is 0 Å². The Morgan fingerprint density at radius 3 is 2.14 bits per heavy atom. The molecule has 1 aromatic heterocycles. The molecule has 0 radical (unpaired) electrons. The molecular formula is C14H20N3O3S+. The van der Waals surface area contributed by atoms with E-state index in [4.69, 9.17) is 4.52 Å². The van der Waals surface area contributed by atoms with E-state index in [0.29, 0.717) is 10.2 Å². The molecule has 0 saturated carbocycles. The molecule has 0 fully saturated rings. The number of quaternary nitrogens is 1. The molecule has 0 spiro atoms. The Morgan fingerprint density at radius 2 is 1.71 bits per heavy atom. The molecule has 6 nitrogen and oxygen atoms in total. The summed E-state index contributed by atoms with van der Waals surface area (Å²) in [4.78, 5) is 0.225.